The summed E-state index contributed by atoms with van der Waals surface area (Å²) in [6, 6.07) is 10.8. The van der Waals surface area contributed by atoms with Crippen molar-refractivity contribution in [1.29, 1.82) is 0 Å². The highest BCUT2D eigenvalue weighted by atomic mass is 19.1. The summed E-state index contributed by atoms with van der Waals surface area (Å²) in [5.41, 5.74) is -0.137. The van der Waals surface area contributed by atoms with Gasteiger partial charge in [0.15, 0.2) is 0 Å². The maximum atomic E-state index is 14.7. The zero-order chi connectivity index (χ0) is 23.7. The normalized spacial score (nSPS) is 16.3. The molecule has 2 amide bonds. The van der Waals surface area contributed by atoms with Crippen LogP contribution >= 0.6 is 0 Å². The molecule has 1 aliphatic rings. The number of nitrogens with zero attached hydrogens (tertiary/aromatic N) is 3. The fourth-order valence-electron chi connectivity index (χ4n) is 4.39. The highest BCUT2D eigenvalue weighted by Gasteiger charge is 2.31. The number of nitrogens with one attached hydrogen (secondary N) is 1. The number of aromatic nitrogens is 2. The third-order valence-corrected chi connectivity index (χ3v) is 6.15. The first-order valence-electron chi connectivity index (χ1n) is 10.9. The molecule has 33 heavy (non-hydrogen) atoms. The Balaban J connectivity index is 1.64. The predicted molar refractivity (Wildman–Crippen MR) is 122 cm³/mol. The van der Waals surface area contributed by atoms with E-state index in [0.717, 1.165) is 0 Å². The van der Waals surface area contributed by atoms with Gasteiger partial charge in [0.25, 0.3) is 11.5 Å². The van der Waals surface area contributed by atoms with Crippen molar-refractivity contribution in [3.63, 3.8) is 0 Å². The second kappa shape index (κ2) is 9.01. The minimum Gasteiger partial charge on any atom is -0.336 e. The number of aromatic amines is 1. The van der Waals surface area contributed by atoms with Crippen LogP contribution in [-0.4, -0.2) is 56.8 Å². The van der Waals surface area contributed by atoms with Crippen molar-refractivity contribution in [3.05, 3.63) is 80.2 Å². The Bertz CT molecular complexity index is 1350. The van der Waals surface area contributed by atoms with Crippen molar-refractivity contribution in [2.75, 3.05) is 19.6 Å². The molecule has 0 spiro atoms. The van der Waals surface area contributed by atoms with Gasteiger partial charge in [-0.1, -0.05) is 25.1 Å². The molecular weight excluding hydrogens is 427 g/mol. The summed E-state index contributed by atoms with van der Waals surface area (Å²) >= 11 is 0. The molecule has 0 unspecified atom stereocenters. The van der Waals surface area contributed by atoms with Gasteiger partial charge in [0.2, 0.25) is 5.91 Å². The Morgan fingerprint density at radius 2 is 1.88 bits per heavy atom. The molecule has 9 heteroatoms. The fourth-order valence-corrected chi connectivity index (χ4v) is 4.39. The van der Waals surface area contributed by atoms with Crippen LogP contribution in [0.1, 0.15) is 36.2 Å². The zero-order valence-electron chi connectivity index (χ0n) is 18.5. The average molecular weight is 452 g/mol. The second-order valence-electron chi connectivity index (χ2n) is 8.20. The predicted octanol–water partition coefficient (Wildman–Crippen LogP) is 1.96. The van der Waals surface area contributed by atoms with Crippen LogP contribution in [0.3, 0.4) is 0 Å². The van der Waals surface area contributed by atoms with Gasteiger partial charge in [0, 0.05) is 32.6 Å². The fraction of sp³-hybridized carbons (Fsp3) is 0.333. The lowest BCUT2D eigenvalue weighted by molar-refractivity contribution is -0.133. The molecule has 1 atom stereocenters. The van der Waals surface area contributed by atoms with Crippen molar-refractivity contribution in [1.82, 2.24) is 19.4 Å². The quantitative estimate of drug-likeness (QED) is 0.655. The van der Waals surface area contributed by atoms with Gasteiger partial charge in [-0.2, -0.15) is 0 Å². The van der Waals surface area contributed by atoms with E-state index >= 15 is 0 Å². The smallest absolute Gasteiger partial charge is 0.329 e. The van der Waals surface area contributed by atoms with Gasteiger partial charge in [-0.15, -0.1) is 0 Å². The number of benzene rings is 2. The highest BCUT2D eigenvalue weighted by Crippen LogP contribution is 2.19. The number of para-hydroxylation sites is 1. The molecule has 1 aliphatic heterocycles. The lowest BCUT2D eigenvalue weighted by atomic mass is 10.1. The Labute approximate surface area is 189 Å². The number of H-pyrrole nitrogens is 1. The molecule has 4 rings (SSSR count). The highest BCUT2D eigenvalue weighted by molar-refractivity contribution is 5.95. The summed E-state index contributed by atoms with van der Waals surface area (Å²) < 4.78 is 16.0. The maximum absolute atomic E-state index is 14.7. The summed E-state index contributed by atoms with van der Waals surface area (Å²) in [4.78, 5) is 55.2. The molecule has 2 heterocycles. The summed E-state index contributed by atoms with van der Waals surface area (Å²) in [7, 11) is 0. The second-order valence-corrected chi connectivity index (χ2v) is 8.20. The molecule has 1 N–H and O–H groups in total. The van der Waals surface area contributed by atoms with Crippen molar-refractivity contribution in [3.8, 4) is 0 Å². The van der Waals surface area contributed by atoms with Gasteiger partial charge >= 0.3 is 5.69 Å². The molecule has 0 bridgehead atoms. The average Bonchev–Trinajstić information content (AvgIpc) is 2.81. The molecule has 0 aliphatic carbocycles. The standard InChI is InChI=1S/C24H25FN4O4/c1-3-17-14-27(10-11-28(17)15(2)30)23(32)19-12-16(8-9-20(19)25)13-29-21-7-5-4-6-18(21)22(31)26-24(29)33/h4-9,12,17H,3,10-11,13-14H2,1-2H3,(H,26,31,33)/t17-/m1/s1. The molecular formula is C24H25FN4O4. The molecule has 1 saturated heterocycles. The number of hydrogen-bond donors (Lipinski definition) is 1. The van der Waals surface area contributed by atoms with Gasteiger partial charge in [0.05, 0.1) is 23.0 Å². The van der Waals surface area contributed by atoms with E-state index in [0.29, 0.717) is 42.5 Å². The van der Waals surface area contributed by atoms with Gasteiger partial charge < -0.3 is 9.80 Å². The topological polar surface area (TPSA) is 95.5 Å². The first-order chi connectivity index (χ1) is 15.8. The number of rotatable bonds is 4. The van der Waals surface area contributed by atoms with Crippen LogP contribution in [-0.2, 0) is 11.3 Å². The summed E-state index contributed by atoms with van der Waals surface area (Å²) in [5.74, 6) is -1.14. The number of halogens is 1. The lowest BCUT2D eigenvalue weighted by Crippen LogP contribution is -2.55. The van der Waals surface area contributed by atoms with E-state index in [2.05, 4.69) is 4.98 Å². The SMILES string of the molecule is CC[C@@H]1CN(C(=O)c2cc(Cn3c(=O)[nH]c(=O)c4ccccc43)ccc2F)CCN1C(C)=O. The van der Waals surface area contributed by atoms with E-state index < -0.39 is 23.0 Å². The molecule has 0 radical (unpaired) electrons. The summed E-state index contributed by atoms with van der Waals surface area (Å²) in [6.45, 7) is 4.57. The molecule has 8 nitrogen and oxygen atoms in total. The Morgan fingerprint density at radius 3 is 2.61 bits per heavy atom. The van der Waals surface area contributed by atoms with Crippen LogP contribution in [0.15, 0.2) is 52.1 Å². The third kappa shape index (κ3) is 4.30. The molecule has 3 aromatic rings. The Kier molecular flexibility index (Phi) is 6.13. The monoisotopic (exact) mass is 452 g/mol. The van der Waals surface area contributed by atoms with E-state index in [4.69, 9.17) is 0 Å². The van der Waals surface area contributed by atoms with E-state index in [-0.39, 0.29) is 24.1 Å². The van der Waals surface area contributed by atoms with E-state index in [1.165, 1.54) is 29.7 Å². The molecule has 1 fully saturated rings. The number of piperazine rings is 1. The number of carbonyl (C=O) groups is 2. The Hall–Kier alpha value is -3.75. The van der Waals surface area contributed by atoms with E-state index in [1.807, 2.05) is 6.92 Å². The molecule has 172 valence electrons. The largest absolute Gasteiger partial charge is 0.336 e. The van der Waals surface area contributed by atoms with Crippen LogP contribution in [0.2, 0.25) is 0 Å². The number of carbonyl (C=O) groups excluding carboxylic acids is 2. The van der Waals surface area contributed by atoms with Gasteiger partial charge in [-0.25, -0.2) is 9.18 Å². The minimum atomic E-state index is -0.649. The molecule has 0 saturated carbocycles. The van der Waals surface area contributed by atoms with Crippen LogP contribution < -0.4 is 11.2 Å². The summed E-state index contributed by atoms with van der Waals surface area (Å²) in [6.07, 6.45) is 0.689. The zero-order valence-corrected chi connectivity index (χ0v) is 18.5. The van der Waals surface area contributed by atoms with Gasteiger partial charge in [-0.3, -0.25) is 23.9 Å². The van der Waals surface area contributed by atoms with Gasteiger partial charge in [-0.05, 0) is 36.2 Å². The van der Waals surface area contributed by atoms with Crippen LogP contribution in [0, 0.1) is 5.82 Å². The van der Waals surface area contributed by atoms with Crippen LogP contribution in [0.4, 0.5) is 4.39 Å². The van der Waals surface area contributed by atoms with E-state index in [1.54, 1.807) is 34.1 Å². The molecule has 2 aromatic carbocycles. The first-order valence-corrected chi connectivity index (χ1v) is 10.9. The third-order valence-electron chi connectivity index (χ3n) is 6.15. The molecule has 1 aromatic heterocycles. The van der Waals surface area contributed by atoms with Crippen LogP contribution in [0.25, 0.3) is 10.9 Å². The Morgan fingerprint density at radius 1 is 1.12 bits per heavy atom. The number of hydrogen-bond acceptors (Lipinski definition) is 4. The van der Waals surface area contributed by atoms with E-state index in [9.17, 15) is 23.6 Å². The van der Waals surface area contributed by atoms with Crippen molar-refractivity contribution in [2.24, 2.45) is 0 Å². The minimum absolute atomic E-state index is 0.0410. The first kappa shape index (κ1) is 22.4. The van der Waals surface area contributed by atoms with Crippen molar-refractivity contribution < 1.29 is 14.0 Å². The van der Waals surface area contributed by atoms with Crippen LogP contribution in [0.5, 0.6) is 0 Å². The lowest BCUT2D eigenvalue weighted by Gasteiger charge is -2.40. The van der Waals surface area contributed by atoms with Gasteiger partial charge in [0.1, 0.15) is 5.82 Å². The van der Waals surface area contributed by atoms with Crippen molar-refractivity contribution >= 4 is 22.7 Å². The number of fused-ring (bicyclic) bond motifs is 1. The maximum Gasteiger partial charge on any atom is 0.329 e. The number of amides is 2. The van der Waals surface area contributed by atoms with Crippen molar-refractivity contribution in [2.45, 2.75) is 32.9 Å². The summed E-state index contributed by atoms with van der Waals surface area (Å²) in [5, 5.41) is 0.365.